The fourth-order valence-corrected chi connectivity index (χ4v) is 2.21. The second-order valence-electron chi connectivity index (χ2n) is 5.05. The molecular formula is C17H15Cl2N3O4. The molecule has 3 N–H and O–H groups in total. The van der Waals surface area contributed by atoms with Gasteiger partial charge < -0.3 is 20.7 Å². The van der Waals surface area contributed by atoms with Gasteiger partial charge in [0.15, 0.2) is 0 Å². The third-order valence-corrected chi connectivity index (χ3v) is 3.89. The van der Waals surface area contributed by atoms with Crippen molar-refractivity contribution in [2.75, 3.05) is 24.3 Å². The highest BCUT2D eigenvalue weighted by Crippen LogP contribution is 2.24. The van der Waals surface area contributed by atoms with Crippen LogP contribution in [0.2, 0.25) is 10.0 Å². The molecule has 2 aromatic rings. The minimum Gasteiger partial charge on any atom is -0.497 e. The Balaban J connectivity index is 1.83. The number of carbonyl (C=O) groups is 3. The van der Waals surface area contributed by atoms with E-state index in [1.54, 1.807) is 30.3 Å². The number of nitrogens with one attached hydrogen (secondary N) is 3. The Hall–Kier alpha value is -2.77. The molecule has 2 aromatic carbocycles. The number of carbonyl (C=O) groups excluding carboxylic acids is 3. The first-order valence-electron chi connectivity index (χ1n) is 7.37. The number of ether oxygens (including phenoxy) is 1. The van der Waals surface area contributed by atoms with Crippen molar-refractivity contribution >= 4 is 52.3 Å². The highest BCUT2D eigenvalue weighted by Gasteiger charge is 2.15. The smallest absolute Gasteiger partial charge is 0.313 e. The molecular weight excluding hydrogens is 381 g/mol. The summed E-state index contributed by atoms with van der Waals surface area (Å²) < 4.78 is 5.03. The molecule has 0 radical (unpaired) electrons. The summed E-state index contributed by atoms with van der Waals surface area (Å²) in [5, 5.41) is 7.79. The molecule has 0 saturated heterocycles. The second-order valence-corrected chi connectivity index (χ2v) is 5.86. The van der Waals surface area contributed by atoms with Gasteiger partial charge in [0.25, 0.3) is 0 Å². The molecule has 136 valence electrons. The Morgan fingerprint density at radius 1 is 0.923 bits per heavy atom. The standard InChI is InChI=1S/C17H15Cl2N3O4/c1-26-12-4-2-3-10(7-12)22-17(25)16(24)20-9-15(23)21-11-5-6-13(18)14(19)8-11/h2-8H,9H2,1H3,(H,20,24)(H,21,23)(H,22,25). The maximum Gasteiger partial charge on any atom is 0.313 e. The lowest BCUT2D eigenvalue weighted by molar-refractivity contribution is -0.136. The van der Waals surface area contributed by atoms with Gasteiger partial charge in [-0.05, 0) is 30.3 Å². The minimum absolute atomic E-state index is 0.283. The normalized spacial score (nSPS) is 9.96. The summed E-state index contributed by atoms with van der Waals surface area (Å²) >= 11 is 11.6. The lowest BCUT2D eigenvalue weighted by atomic mass is 10.3. The van der Waals surface area contributed by atoms with Gasteiger partial charge in [-0.3, -0.25) is 14.4 Å². The van der Waals surface area contributed by atoms with E-state index in [2.05, 4.69) is 16.0 Å². The molecule has 0 aliphatic heterocycles. The average Bonchev–Trinajstić information content (AvgIpc) is 2.63. The zero-order chi connectivity index (χ0) is 19.1. The molecule has 0 atom stereocenters. The highest BCUT2D eigenvalue weighted by atomic mass is 35.5. The number of anilines is 2. The van der Waals surface area contributed by atoms with E-state index in [1.165, 1.54) is 19.2 Å². The quantitative estimate of drug-likeness (QED) is 0.678. The third-order valence-electron chi connectivity index (χ3n) is 3.15. The van der Waals surface area contributed by atoms with Crippen LogP contribution in [0.5, 0.6) is 5.75 Å². The fourth-order valence-electron chi connectivity index (χ4n) is 1.91. The molecule has 26 heavy (non-hydrogen) atoms. The van der Waals surface area contributed by atoms with Crippen LogP contribution in [0.4, 0.5) is 11.4 Å². The molecule has 0 aromatic heterocycles. The molecule has 0 heterocycles. The van der Waals surface area contributed by atoms with Crippen molar-refractivity contribution < 1.29 is 19.1 Å². The summed E-state index contributed by atoms with van der Waals surface area (Å²) in [5.74, 6) is -1.84. The first-order valence-corrected chi connectivity index (χ1v) is 8.13. The maximum atomic E-state index is 11.8. The molecule has 2 rings (SSSR count). The zero-order valence-corrected chi connectivity index (χ0v) is 15.1. The molecule has 0 spiro atoms. The van der Waals surface area contributed by atoms with Crippen LogP contribution in [0.25, 0.3) is 0 Å². The first kappa shape index (κ1) is 19.6. The van der Waals surface area contributed by atoms with Crippen LogP contribution >= 0.6 is 23.2 Å². The van der Waals surface area contributed by atoms with Crippen LogP contribution < -0.4 is 20.7 Å². The Bertz CT molecular complexity index is 843. The van der Waals surface area contributed by atoms with Crippen molar-refractivity contribution in [1.82, 2.24) is 5.32 Å². The predicted octanol–water partition coefficient (Wildman–Crippen LogP) is 2.70. The van der Waals surface area contributed by atoms with Crippen molar-refractivity contribution in [3.8, 4) is 5.75 Å². The van der Waals surface area contributed by atoms with E-state index in [-0.39, 0.29) is 11.6 Å². The van der Waals surface area contributed by atoms with Crippen molar-refractivity contribution in [3.05, 3.63) is 52.5 Å². The van der Waals surface area contributed by atoms with Gasteiger partial charge in [-0.25, -0.2) is 0 Å². The zero-order valence-electron chi connectivity index (χ0n) is 13.6. The van der Waals surface area contributed by atoms with Gasteiger partial charge in [0.1, 0.15) is 5.75 Å². The number of halogens is 2. The molecule has 0 unspecified atom stereocenters. The van der Waals surface area contributed by atoms with Crippen LogP contribution in [0.3, 0.4) is 0 Å². The molecule has 0 aliphatic rings. The van der Waals surface area contributed by atoms with Gasteiger partial charge in [-0.1, -0.05) is 29.3 Å². The van der Waals surface area contributed by atoms with Gasteiger partial charge in [-0.2, -0.15) is 0 Å². The highest BCUT2D eigenvalue weighted by molar-refractivity contribution is 6.42. The number of rotatable bonds is 5. The monoisotopic (exact) mass is 395 g/mol. The minimum atomic E-state index is -0.947. The van der Waals surface area contributed by atoms with Gasteiger partial charge >= 0.3 is 11.8 Å². The number of benzene rings is 2. The van der Waals surface area contributed by atoms with Gasteiger partial charge in [0, 0.05) is 17.4 Å². The first-order chi connectivity index (χ1) is 12.4. The summed E-state index contributed by atoms with van der Waals surface area (Å²) in [5.41, 5.74) is 0.809. The van der Waals surface area contributed by atoms with Crippen LogP contribution in [0, 0.1) is 0 Å². The number of methoxy groups -OCH3 is 1. The Morgan fingerprint density at radius 2 is 1.65 bits per heavy atom. The van der Waals surface area contributed by atoms with E-state index >= 15 is 0 Å². The van der Waals surface area contributed by atoms with E-state index < -0.39 is 17.7 Å². The summed E-state index contributed by atoms with van der Waals surface area (Å²) in [4.78, 5) is 35.4. The van der Waals surface area contributed by atoms with Crippen molar-refractivity contribution in [2.45, 2.75) is 0 Å². The van der Waals surface area contributed by atoms with Crippen LogP contribution in [-0.2, 0) is 14.4 Å². The van der Waals surface area contributed by atoms with Gasteiger partial charge in [-0.15, -0.1) is 0 Å². The SMILES string of the molecule is COc1cccc(NC(=O)C(=O)NCC(=O)Nc2ccc(Cl)c(Cl)c2)c1. The Morgan fingerprint density at radius 3 is 2.35 bits per heavy atom. The Labute approximate surface area is 159 Å². The van der Waals surface area contributed by atoms with E-state index in [9.17, 15) is 14.4 Å². The molecule has 7 nitrogen and oxygen atoms in total. The fraction of sp³-hybridized carbons (Fsp3) is 0.118. The van der Waals surface area contributed by atoms with Crippen molar-refractivity contribution in [3.63, 3.8) is 0 Å². The van der Waals surface area contributed by atoms with Gasteiger partial charge in [0.2, 0.25) is 5.91 Å². The molecule has 9 heteroatoms. The summed E-state index contributed by atoms with van der Waals surface area (Å²) in [6.45, 7) is -0.384. The topological polar surface area (TPSA) is 96.5 Å². The van der Waals surface area contributed by atoms with Crippen LogP contribution in [0.1, 0.15) is 0 Å². The van der Waals surface area contributed by atoms with E-state index in [4.69, 9.17) is 27.9 Å². The number of hydrogen-bond donors (Lipinski definition) is 3. The van der Waals surface area contributed by atoms with E-state index in [1.807, 2.05) is 0 Å². The van der Waals surface area contributed by atoms with Crippen molar-refractivity contribution in [2.24, 2.45) is 0 Å². The second kappa shape index (κ2) is 9.07. The lowest BCUT2D eigenvalue weighted by Crippen LogP contribution is -2.39. The van der Waals surface area contributed by atoms with E-state index in [0.29, 0.717) is 22.1 Å². The molecule has 3 amide bonds. The maximum absolute atomic E-state index is 11.8. The van der Waals surface area contributed by atoms with Crippen molar-refractivity contribution in [1.29, 1.82) is 0 Å². The predicted molar refractivity (Wildman–Crippen MR) is 99.7 cm³/mol. The lowest BCUT2D eigenvalue weighted by Gasteiger charge is -2.09. The molecule has 0 fully saturated rings. The number of hydrogen-bond acceptors (Lipinski definition) is 4. The van der Waals surface area contributed by atoms with Crippen LogP contribution in [0.15, 0.2) is 42.5 Å². The summed E-state index contributed by atoms with van der Waals surface area (Å²) in [6.07, 6.45) is 0. The number of amides is 3. The molecule has 0 saturated carbocycles. The molecule has 0 aliphatic carbocycles. The summed E-state index contributed by atoms with van der Waals surface area (Å²) in [7, 11) is 1.49. The summed E-state index contributed by atoms with van der Waals surface area (Å²) in [6, 6.07) is 11.1. The third kappa shape index (κ3) is 5.65. The van der Waals surface area contributed by atoms with E-state index in [0.717, 1.165) is 0 Å². The van der Waals surface area contributed by atoms with Crippen LogP contribution in [-0.4, -0.2) is 31.4 Å². The largest absolute Gasteiger partial charge is 0.497 e. The molecule has 0 bridgehead atoms. The average molecular weight is 396 g/mol. The van der Waals surface area contributed by atoms with Gasteiger partial charge in [0.05, 0.1) is 23.7 Å². The Kier molecular flexibility index (Phi) is 6.82.